The number of hydrogen-bond acceptors (Lipinski definition) is 3. The first kappa shape index (κ1) is 15.0. The highest BCUT2D eigenvalue weighted by Crippen LogP contribution is 2.22. The molecule has 0 aromatic carbocycles. The molecule has 0 radical (unpaired) electrons. The molecule has 0 aromatic heterocycles. The van der Waals surface area contributed by atoms with Crippen molar-refractivity contribution >= 4 is 5.97 Å². The second-order valence-electron chi connectivity index (χ2n) is 5.91. The number of carbonyl (C=O) groups is 1. The van der Waals surface area contributed by atoms with Gasteiger partial charge in [-0.25, -0.2) is 0 Å². The Morgan fingerprint density at radius 3 is 2.50 bits per heavy atom. The molecule has 1 aliphatic heterocycles. The minimum Gasteiger partial charge on any atom is -0.481 e. The van der Waals surface area contributed by atoms with Crippen LogP contribution < -0.4 is 0 Å². The third-order valence-electron chi connectivity index (χ3n) is 3.77. The van der Waals surface area contributed by atoms with Crippen molar-refractivity contribution < 1.29 is 9.90 Å². The lowest BCUT2D eigenvalue weighted by Gasteiger charge is -2.30. The van der Waals surface area contributed by atoms with Gasteiger partial charge < -0.3 is 10.0 Å². The topological polar surface area (TPSA) is 64.3 Å². The molecule has 0 unspecified atom stereocenters. The standard InChI is InChI=1S/C14H24N2O2/c1-14(2,11-15)7-3-4-8-16-9-5-12(6-10-16)13(17)18/h12H,3-10H2,1-2H3,(H,17,18). The van der Waals surface area contributed by atoms with Gasteiger partial charge in [-0.1, -0.05) is 6.42 Å². The summed E-state index contributed by atoms with van der Waals surface area (Å²) in [6.45, 7) is 6.79. The van der Waals surface area contributed by atoms with Crippen molar-refractivity contribution in [2.24, 2.45) is 11.3 Å². The fourth-order valence-corrected chi connectivity index (χ4v) is 2.36. The highest BCUT2D eigenvalue weighted by molar-refractivity contribution is 5.70. The van der Waals surface area contributed by atoms with Crippen LogP contribution in [0.5, 0.6) is 0 Å². The van der Waals surface area contributed by atoms with Crippen molar-refractivity contribution in [1.29, 1.82) is 5.26 Å². The van der Waals surface area contributed by atoms with Crippen molar-refractivity contribution in [2.75, 3.05) is 19.6 Å². The molecule has 1 saturated heterocycles. The molecule has 4 nitrogen and oxygen atoms in total. The lowest BCUT2D eigenvalue weighted by atomic mass is 9.89. The normalized spacial score (nSPS) is 18.5. The van der Waals surface area contributed by atoms with Gasteiger partial charge in [0.25, 0.3) is 0 Å². The molecule has 102 valence electrons. The van der Waals surface area contributed by atoms with E-state index in [1.165, 1.54) is 0 Å². The van der Waals surface area contributed by atoms with E-state index < -0.39 is 5.97 Å². The van der Waals surface area contributed by atoms with E-state index in [9.17, 15) is 4.79 Å². The van der Waals surface area contributed by atoms with Crippen LogP contribution in [0, 0.1) is 22.7 Å². The van der Waals surface area contributed by atoms with E-state index in [1.54, 1.807) is 0 Å². The molecule has 1 fully saturated rings. The molecular formula is C14H24N2O2. The second kappa shape index (κ2) is 6.75. The Bertz CT molecular complexity index is 312. The first-order chi connectivity index (χ1) is 8.44. The minimum atomic E-state index is -0.648. The summed E-state index contributed by atoms with van der Waals surface area (Å²) in [7, 11) is 0. The second-order valence-corrected chi connectivity index (χ2v) is 5.91. The van der Waals surface area contributed by atoms with Gasteiger partial charge in [0.15, 0.2) is 0 Å². The Hall–Kier alpha value is -1.08. The van der Waals surface area contributed by atoms with Crippen molar-refractivity contribution in [1.82, 2.24) is 4.90 Å². The third kappa shape index (κ3) is 5.05. The van der Waals surface area contributed by atoms with E-state index in [4.69, 9.17) is 10.4 Å². The summed E-state index contributed by atoms with van der Waals surface area (Å²) in [5.41, 5.74) is -0.212. The van der Waals surface area contributed by atoms with Crippen LogP contribution in [-0.2, 0) is 4.79 Å². The van der Waals surface area contributed by atoms with E-state index in [-0.39, 0.29) is 11.3 Å². The fraction of sp³-hybridized carbons (Fsp3) is 0.857. The van der Waals surface area contributed by atoms with Gasteiger partial charge in [0.2, 0.25) is 0 Å². The summed E-state index contributed by atoms with van der Waals surface area (Å²) in [4.78, 5) is 13.2. The third-order valence-corrected chi connectivity index (χ3v) is 3.77. The van der Waals surface area contributed by atoms with Gasteiger partial charge in [-0.2, -0.15) is 5.26 Å². The number of nitrogens with zero attached hydrogens (tertiary/aromatic N) is 2. The Morgan fingerprint density at radius 1 is 1.39 bits per heavy atom. The van der Waals surface area contributed by atoms with Gasteiger partial charge in [0, 0.05) is 0 Å². The van der Waals surface area contributed by atoms with Gasteiger partial charge >= 0.3 is 5.97 Å². The number of hydrogen-bond donors (Lipinski definition) is 1. The zero-order valence-corrected chi connectivity index (χ0v) is 11.5. The number of likely N-dealkylation sites (tertiary alicyclic amines) is 1. The first-order valence-electron chi connectivity index (χ1n) is 6.81. The molecule has 0 saturated carbocycles. The van der Waals surface area contributed by atoms with Crippen LogP contribution in [0.2, 0.25) is 0 Å². The van der Waals surface area contributed by atoms with Gasteiger partial charge in [-0.15, -0.1) is 0 Å². The van der Waals surface area contributed by atoms with E-state index in [1.807, 2.05) is 13.8 Å². The lowest BCUT2D eigenvalue weighted by Crippen LogP contribution is -2.36. The maximum atomic E-state index is 10.8. The molecule has 18 heavy (non-hydrogen) atoms. The van der Waals surface area contributed by atoms with Gasteiger partial charge in [0.05, 0.1) is 17.4 Å². The average Bonchev–Trinajstić information content (AvgIpc) is 2.35. The van der Waals surface area contributed by atoms with Crippen LogP contribution in [0.4, 0.5) is 0 Å². The molecule has 1 heterocycles. The SMILES string of the molecule is CC(C)(C#N)CCCCN1CCC(C(=O)O)CC1. The van der Waals surface area contributed by atoms with Gasteiger partial charge in [-0.05, 0) is 59.2 Å². The molecule has 0 aromatic rings. The Kier molecular flexibility index (Phi) is 5.61. The highest BCUT2D eigenvalue weighted by Gasteiger charge is 2.24. The van der Waals surface area contributed by atoms with Crippen molar-refractivity contribution in [2.45, 2.75) is 46.0 Å². The van der Waals surface area contributed by atoms with Crippen LogP contribution in [0.3, 0.4) is 0 Å². The Morgan fingerprint density at radius 2 is 2.00 bits per heavy atom. The fourth-order valence-electron chi connectivity index (χ4n) is 2.36. The minimum absolute atomic E-state index is 0.140. The smallest absolute Gasteiger partial charge is 0.306 e. The summed E-state index contributed by atoms with van der Waals surface area (Å²) in [5.74, 6) is -0.788. The zero-order valence-electron chi connectivity index (χ0n) is 11.5. The predicted molar refractivity (Wildman–Crippen MR) is 70.0 cm³/mol. The molecule has 0 atom stereocenters. The van der Waals surface area contributed by atoms with Crippen LogP contribution in [0.25, 0.3) is 0 Å². The van der Waals surface area contributed by atoms with Gasteiger partial charge in [0.1, 0.15) is 0 Å². The monoisotopic (exact) mass is 252 g/mol. The molecule has 0 aliphatic carbocycles. The molecule has 0 spiro atoms. The van der Waals surface area contributed by atoms with E-state index in [2.05, 4.69) is 11.0 Å². The summed E-state index contributed by atoms with van der Waals surface area (Å²) in [6.07, 6.45) is 4.66. The molecule has 1 rings (SSSR count). The number of carboxylic acids is 1. The number of rotatable bonds is 6. The average molecular weight is 252 g/mol. The zero-order chi connectivity index (χ0) is 13.6. The van der Waals surface area contributed by atoms with Crippen molar-refractivity contribution in [3.63, 3.8) is 0 Å². The van der Waals surface area contributed by atoms with Crippen molar-refractivity contribution in [3.05, 3.63) is 0 Å². The molecule has 0 amide bonds. The number of unbranched alkanes of at least 4 members (excludes halogenated alkanes) is 1. The van der Waals surface area contributed by atoms with Gasteiger partial charge in [-0.3, -0.25) is 4.79 Å². The molecule has 1 N–H and O–H groups in total. The Labute approximate surface area is 110 Å². The number of nitriles is 1. The molecule has 0 bridgehead atoms. The lowest BCUT2D eigenvalue weighted by molar-refractivity contribution is -0.143. The van der Waals surface area contributed by atoms with E-state index in [0.29, 0.717) is 0 Å². The number of piperidine rings is 1. The maximum Gasteiger partial charge on any atom is 0.306 e. The van der Waals surface area contributed by atoms with Crippen LogP contribution in [-0.4, -0.2) is 35.6 Å². The van der Waals surface area contributed by atoms with E-state index >= 15 is 0 Å². The Balaban J connectivity index is 2.12. The number of aliphatic carboxylic acids is 1. The summed E-state index contributed by atoms with van der Waals surface area (Å²) >= 11 is 0. The predicted octanol–water partition coefficient (Wildman–Crippen LogP) is 2.50. The maximum absolute atomic E-state index is 10.8. The van der Waals surface area contributed by atoms with Crippen LogP contribution in [0.15, 0.2) is 0 Å². The summed E-state index contributed by atoms with van der Waals surface area (Å²) in [5, 5.41) is 17.8. The summed E-state index contributed by atoms with van der Waals surface area (Å²) in [6, 6.07) is 2.32. The quantitative estimate of drug-likeness (QED) is 0.738. The summed E-state index contributed by atoms with van der Waals surface area (Å²) < 4.78 is 0. The van der Waals surface area contributed by atoms with Crippen LogP contribution in [0.1, 0.15) is 46.0 Å². The van der Waals surface area contributed by atoms with Crippen molar-refractivity contribution in [3.8, 4) is 6.07 Å². The molecular weight excluding hydrogens is 228 g/mol. The number of carboxylic acid groups (broad SMARTS) is 1. The first-order valence-corrected chi connectivity index (χ1v) is 6.81. The van der Waals surface area contributed by atoms with E-state index in [0.717, 1.165) is 51.7 Å². The van der Waals surface area contributed by atoms with Crippen LogP contribution >= 0.6 is 0 Å². The highest BCUT2D eigenvalue weighted by atomic mass is 16.4. The molecule has 4 heteroatoms. The molecule has 1 aliphatic rings. The largest absolute Gasteiger partial charge is 0.481 e.